The number of rotatable bonds is 2. The smallest absolute Gasteiger partial charge is 0.328 e. The van der Waals surface area contributed by atoms with Crippen LogP contribution in [0.15, 0.2) is 24.3 Å². The van der Waals surface area contributed by atoms with Gasteiger partial charge >= 0.3 is 12.0 Å². The molecule has 110 valence electrons. The molecule has 1 aliphatic heterocycles. The number of urea groups is 1. The Kier molecular flexibility index (Phi) is 3.25. The van der Waals surface area contributed by atoms with Gasteiger partial charge in [0.05, 0.1) is 18.1 Å². The quantitative estimate of drug-likeness (QED) is 0.840. The van der Waals surface area contributed by atoms with E-state index in [4.69, 9.17) is 0 Å². The van der Waals surface area contributed by atoms with E-state index in [1.54, 1.807) is 11.8 Å². The number of hydrogen-bond acceptors (Lipinski definition) is 4. The van der Waals surface area contributed by atoms with Gasteiger partial charge in [-0.15, -0.1) is 0 Å². The lowest BCUT2D eigenvalue weighted by atomic mass is 10.3. The average molecular weight is 288 g/mol. The SMILES string of the molecule is COC(=O)C(C)NC(=O)N1CCn2c1nc1ccccc12. The molecular formula is C14H16N4O3. The average Bonchev–Trinajstić information content (AvgIpc) is 3.04. The van der Waals surface area contributed by atoms with E-state index in [1.807, 2.05) is 28.8 Å². The minimum Gasteiger partial charge on any atom is -0.467 e. The first-order chi connectivity index (χ1) is 10.1. The lowest BCUT2D eigenvalue weighted by Gasteiger charge is -2.18. The van der Waals surface area contributed by atoms with Gasteiger partial charge in [0.2, 0.25) is 5.95 Å². The van der Waals surface area contributed by atoms with Crippen molar-refractivity contribution in [2.75, 3.05) is 18.6 Å². The second kappa shape index (κ2) is 5.08. The molecule has 1 atom stereocenters. The maximum Gasteiger partial charge on any atom is 0.328 e. The van der Waals surface area contributed by atoms with Crippen molar-refractivity contribution in [3.05, 3.63) is 24.3 Å². The Morgan fingerprint density at radius 1 is 1.33 bits per heavy atom. The van der Waals surface area contributed by atoms with Crippen LogP contribution in [0.1, 0.15) is 6.92 Å². The number of imidazole rings is 1. The first-order valence-electron chi connectivity index (χ1n) is 6.73. The second-order valence-corrected chi connectivity index (χ2v) is 4.90. The molecule has 1 aromatic heterocycles. The van der Waals surface area contributed by atoms with E-state index in [1.165, 1.54) is 7.11 Å². The van der Waals surface area contributed by atoms with Gasteiger partial charge in [-0.25, -0.2) is 14.6 Å². The number of anilines is 1. The molecule has 3 rings (SSSR count). The first kappa shape index (κ1) is 13.4. The van der Waals surface area contributed by atoms with Crippen LogP contribution >= 0.6 is 0 Å². The molecule has 7 heteroatoms. The molecule has 0 saturated heterocycles. The van der Waals surface area contributed by atoms with Gasteiger partial charge < -0.3 is 14.6 Å². The van der Waals surface area contributed by atoms with Crippen molar-refractivity contribution in [2.24, 2.45) is 0 Å². The van der Waals surface area contributed by atoms with Gasteiger partial charge in [-0.3, -0.25) is 4.90 Å². The Labute approximate surface area is 121 Å². The van der Waals surface area contributed by atoms with Crippen LogP contribution in [0.25, 0.3) is 11.0 Å². The fourth-order valence-electron chi connectivity index (χ4n) is 2.48. The summed E-state index contributed by atoms with van der Waals surface area (Å²) < 4.78 is 6.60. The standard InChI is InChI=1S/C14H16N4O3/c1-9(12(19)21-2)15-14(20)18-8-7-17-11-6-4-3-5-10(11)16-13(17)18/h3-6,9H,7-8H2,1-2H3,(H,15,20). The summed E-state index contributed by atoms with van der Waals surface area (Å²) in [6.45, 7) is 2.81. The van der Waals surface area contributed by atoms with Gasteiger partial charge in [-0.05, 0) is 19.1 Å². The molecule has 1 N–H and O–H groups in total. The molecule has 1 unspecified atom stereocenters. The Balaban J connectivity index is 1.84. The van der Waals surface area contributed by atoms with Crippen molar-refractivity contribution < 1.29 is 14.3 Å². The van der Waals surface area contributed by atoms with Crippen LogP contribution in [0.4, 0.5) is 10.7 Å². The van der Waals surface area contributed by atoms with E-state index in [2.05, 4.69) is 15.0 Å². The molecule has 2 aromatic rings. The summed E-state index contributed by atoms with van der Waals surface area (Å²) in [5.41, 5.74) is 1.86. The molecule has 2 heterocycles. The number of aromatic nitrogens is 2. The van der Waals surface area contributed by atoms with Crippen LogP contribution in [0.3, 0.4) is 0 Å². The van der Waals surface area contributed by atoms with Gasteiger partial charge in [0.25, 0.3) is 0 Å². The number of hydrogen-bond donors (Lipinski definition) is 1. The van der Waals surface area contributed by atoms with Crippen LogP contribution in [0.5, 0.6) is 0 Å². The van der Waals surface area contributed by atoms with Crippen molar-refractivity contribution in [1.82, 2.24) is 14.9 Å². The normalized spacial score (nSPS) is 14.9. The van der Waals surface area contributed by atoms with E-state index in [9.17, 15) is 9.59 Å². The summed E-state index contributed by atoms with van der Waals surface area (Å²) in [6, 6.07) is 6.70. The highest BCUT2D eigenvalue weighted by molar-refractivity contribution is 5.95. The van der Waals surface area contributed by atoms with E-state index in [0.29, 0.717) is 19.0 Å². The van der Waals surface area contributed by atoms with Gasteiger partial charge in [-0.2, -0.15) is 0 Å². The van der Waals surface area contributed by atoms with Gasteiger partial charge in [0, 0.05) is 13.1 Å². The molecule has 0 radical (unpaired) electrons. The van der Waals surface area contributed by atoms with Crippen molar-refractivity contribution in [3.63, 3.8) is 0 Å². The summed E-state index contributed by atoms with van der Waals surface area (Å²) in [7, 11) is 1.29. The maximum atomic E-state index is 12.3. The van der Waals surface area contributed by atoms with Gasteiger partial charge in [-0.1, -0.05) is 12.1 Å². The minimum atomic E-state index is -0.694. The van der Waals surface area contributed by atoms with E-state index >= 15 is 0 Å². The highest BCUT2D eigenvalue weighted by Gasteiger charge is 2.30. The van der Waals surface area contributed by atoms with Crippen molar-refractivity contribution in [3.8, 4) is 0 Å². The predicted octanol–water partition coefficient (Wildman–Crippen LogP) is 1.13. The predicted molar refractivity (Wildman–Crippen MR) is 77.1 cm³/mol. The van der Waals surface area contributed by atoms with Crippen LogP contribution in [0.2, 0.25) is 0 Å². The summed E-state index contributed by atoms with van der Waals surface area (Å²) in [6.07, 6.45) is 0. The van der Waals surface area contributed by atoms with Gasteiger partial charge in [0.15, 0.2) is 0 Å². The molecule has 0 spiro atoms. The Hall–Kier alpha value is -2.57. The molecule has 0 fully saturated rings. The number of esters is 1. The number of carbonyl (C=O) groups excluding carboxylic acids is 2. The third kappa shape index (κ3) is 2.20. The highest BCUT2D eigenvalue weighted by atomic mass is 16.5. The molecule has 0 bridgehead atoms. The van der Waals surface area contributed by atoms with E-state index < -0.39 is 12.0 Å². The monoisotopic (exact) mass is 288 g/mol. The largest absolute Gasteiger partial charge is 0.467 e. The number of carbonyl (C=O) groups is 2. The molecule has 1 aromatic carbocycles. The fourth-order valence-corrected chi connectivity index (χ4v) is 2.48. The Bertz CT molecular complexity index is 709. The zero-order valence-electron chi connectivity index (χ0n) is 11.9. The lowest BCUT2D eigenvalue weighted by molar-refractivity contribution is -0.142. The molecule has 7 nitrogen and oxygen atoms in total. The zero-order valence-corrected chi connectivity index (χ0v) is 11.9. The molecule has 0 saturated carbocycles. The highest BCUT2D eigenvalue weighted by Crippen LogP contribution is 2.26. The zero-order chi connectivity index (χ0) is 15.0. The van der Waals surface area contributed by atoms with Crippen LogP contribution in [-0.4, -0.2) is 41.2 Å². The first-order valence-corrected chi connectivity index (χ1v) is 6.73. The molecular weight excluding hydrogens is 272 g/mol. The third-order valence-electron chi connectivity index (χ3n) is 3.56. The summed E-state index contributed by atoms with van der Waals surface area (Å²) in [4.78, 5) is 29.7. The Morgan fingerprint density at radius 2 is 2.10 bits per heavy atom. The van der Waals surface area contributed by atoms with Crippen LogP contribution < -0.4 is 10.2 Å². The number of fused-ring (bicyclic) bond motifs is 3. The lowest BCUT2D eigenvalue weighted by Crippen LogP contribution is -2.46. The Morgan fingerprint density at radius 3 is 2.86 bits per heavy atom. The summed E-state index contributed by atoms with van der Waals surface area (Å²) in [5, 5.41) is 2.62. The number of methoxy groups -OCH3 is 1. The van der Waals surface area contributed by atoms with Crippen LogP contribution in [-0.2, 0) is 16.1 Å². The number of amides is 2. The number of benzene rings is 1. The topological polar surface area (TPSA) is 76.5 Å². The van der Waals surface area contributed by atoms with Crippen molar-refractivity contribution in [2.45, 2.75) is 19.5 Å². The fraction of sp³-hybridized carbons (Fsp3) is 0.357. The molecule has 2 amide bonds. The van der Waals surface area contributed by atoms with E-state index in [-0.39, 0.29) is 6.03 Å². The number of para-hydroxylation sites is 2. The van der Waals surface area contributed by atoms with Gasteiger partial charge in [0.1, 0.15) is 6.04 Å². The third-order valence-corrected chi connectivity index (χ3v) is 3.56. The van der Waals surface area contributed by atoms with Crippen LogP contribution in [0, 0.1) is 0 Å². The maximum absolute atomic E-state index is 12.3. The number of nitrogens with zero attached hydrogens (tertiary/aromatic N) is 3. The number of ether oxygens (including phenoxy) is 1. The van der Waals surface area contributed by atoms with Crippen molar-refractivity contribution in [1.29, 1.82) is 0 Å². The summed E-state index contributed by atoms with van der Waals surface area (Å²) in [5.74, 6) is 0.127. The minimum absolute atomic E-state index is 0.345. The molecule has 21 heavy (non-hydrogen) atoms. The molecule has 1 aliphatic rings. The second-order valence-electron chi connectivity index (χ2n) is 4.90. The van der Waals surface area contributed by atoms with Crippen molar-refractivity contribution >= 4 is 29.0 Å². The number of nitrogens with one attached hydrogen (secondary N) is 1. The van der Waals surface area contributed by atoms with E-state index in [0.717, 1.165) is 11.0 Å². The molecule has 0 aliphatic carbocycles. The summed E-state index contributed by atoms with van der Waals surface area (Å²) >= 11 is 0.